The molecule has 5 heteroatoms. The van der Waals surface area contributed by atoms with E-state index in [0.29, 0.717) is 5.75 Å². The third-order valence-electron chi connectivity index (χ3n) is 3.64. The maximum absolute atomic E-state index is 13.3. The summed E-state index contributed by atoms with van der Waals surface area (Å²) in [7, 11) is 3.70. The highest BCUT2D eigenvalue weighted by atomic mass is 19.1. The highest BCUT2D eigenvalue weighted by Gasteiger charge is 2.19. The van der Waals surface area contributed by atoms with E-state index in [0.717, 1.165) is 38.3 Å². The van der Waals surface area contributed by atoms with Crippen LogP contribution in [0.3, 0.4) is 0 Å². The van der Waals surface area contributed by atoms with Crippen LogP contribution in [0.15, 0.2) is 18.2 Å². The molecule has 1 atom stereocenters. The Morgan fingerprint density at radius 2 is 2.00 bits per heavy atom. The van der Waals surface area contributed by atoms with E-state index < -0.39 is 0 Å². The average Bonchev–Trinajstić information content (AvgIpc) is 2.41. The minimum absolute atomic E-state index is 0.228. The van der Waals surface area contributed by atoms with Crippen molar-refractivity contribution in [3.63, 3.8) is 0 Å². The van der Waals surface area contributed by atoms with Gasteiger partial charge in [0.2, 0.25) is 0 Å². The predicted octanol–water partition coefficient (Wildman–Crippen LogP) is 1.08. The van der Waals surface area contributed by atoms with Crippen LogP contribution >= 0.6 is 0 Å². The summed E-state index contributed by atoms with van der Waals surface area (Å²) >= 11 is 0. The predicted molar refractivity (Wildman–Crippen MR) is 73.8 cm³/mol. The van der Waals surface area contributed by atoms with Gasteiger partial charge in [-0.3, -0.25) is 4.90 Å². The third-order valence-corrected chi connectivity index (χ3v) is 3.64. The third kappa shape index (κ3) is 3.65. The molecule has 0 bridgehead atoms. The number of hydrogen-bond donors (Lipinski definition) is 1. The lowest BCUT2D eigenvalue weighted by atomic mass is 10.1. The molecule has 1 aromatic rings. The number of benzene rings is 1. The fourth-order valence-electron chi connectivity index (χ4n) is 2.40. The fourth-order valence-corrected chi connectivity index (χ4v) is 2.40. The molecule has 0 aromatic heterocycles. The van der Waals surface area contributed by atoms with Gasteiger partial charge in [0, 0.05) is 44.3 Å². The van der Waals surface area contributed by atoms with Crippen molar-refractivity contribution in [2.75, 3.05) is 46.9 Å². The van der Waals surface area contributed by atoms with Gasteiger partial charge in [0.1, 0.15) is 11.6 Å². The Kier molecular flexibility index (Phi) is 4.74. The van der Waals surface area contributed by atoms with Gasteiger partial charge < -0.3 is 15.4 Å². The van der Waals surface area contributed by atoms with Gasteiger partial charge in [-0.15, -0.1) is 0 Å². The first-order valence-electron chi connectivity index (χ1n) is 6.60. The molecule has 1 unspecified atom stereocenters. The lowest BCUT2D eigenvalue weighted by molar-refractivity contribution is 0.147. The Hall–Kier alpha value is -1.17. The smallest absolute Gasteiger partial charge is 0.123 e. The number of rotatable bonds is 4. The van der Waals surface area contributed by atoms with E-state index in [4.69, 9.17) is 10.5 Å². The van der Waals surface area contributed by atoms with Crippen molar-refractivity contribution in [3.8, 4) is 5.75 Å². The van der Waals surface area contributed by atoms with E-state index in [1.807, 2.05) is 0 Å². The second-order valence-corrected chi connectivity index (χ2v) is 5.10. The van der Waals surface area contributed by atoms with E-state index in [2.05, 4.69) is 16.8 Å². The lowest BCUT2D eigenvalue weighted by Crippen LogP contribution is -2.46. The summed E-state index contributed by atoms with van der Waals surface area (Å²) in [5.41, 5.74) is 6.94. The van der Waals surface area contributed by atoms with Gasteiger partial charge in [-0.05, 0) is 25.2 Å². The van der Waals surface area contributed by atoms with E-state index in [1.54, 1.807) is 13.2 Å². The summed E-state index contributed by atoms with van der Waals surface area (Å²) in [5, 5.41) is 0. The highest BCUT2D eigenvalue weighted by Crippen LogP contribution is 2.25. The second-order valence-electron chi connectivity index (χ2n) is 5.10. The van der Waals surface area contributed by atoms with Gasteiger partial charge >= 0.3 is 0 Å². The van der Waals surface area contributed by atoms with Crippen LogP contribution in [0.4, 0.5) is 4.39 Å². The molecule has 2 N–H and O–H groups in total. The van der Waals surface area contributed by atoms with E-state index >= 15 is 0 Å². The zero-order valence-corrected chi connectivity index (χ0v) is 11.6. The van der Waals surface area contributed by atoms with E-state index in [-0.39, 0.29) is 11.9 Å². The van der Waals surface area contributed by atoms with Gasteiger partial charge in [-0.1, -0.05) is 0 Å². The molecule has 1 aromatic carbocycles. The Morgan fingerprint density at radius 1 is 1.32 bits per heavy atom. The summed E-state index contributed by atoms with van der Waals surface area (Å²) in [6.45, 7) is 4.83. The molecule has 1 heterocycles. The largest absolute Gasteiger partial charge is 0.496 e. The monoisotopic (exact) mass is 267 g/mol. The number of piperazine rings is 1. The van der Waals surface area contributed by atoms with Crippen LogP contribution in [0.5, 0.6) is 5.75 Å². The number of nitrogens with two attached hydrogens (primary N) is 1. The molecular formula is C14H22FN3O. The van der Waals surface area contributed by atoms with E-state index in [1.165, 1.54) is 12.1 Å². The molecule has 0 radical (unpaired) electrons. The summed E-state index contributed by atoms with van der Waals surface area (Å²) in [5.74, 6) is 0.382. The molecule has 4 nitrogen and oxygen atoms in total. The highest BCUT2D eigenvalue weighted by molar-refractivity contribution is 5.36. The zero-order chi connectivity index (χ0) is 13.8. The molecule has 19 heavy (non-hydrogen) atoms. The summed E-state index contributed by atoms with van der Waals surface area (Å²) in [6, 6.07) is 4.27. The van der Waals surface area contributed by atoms with E-state index in [9.17, 15) is 4.39 Å². The molecule has 1 aliphatic heterocycles. The van der Waals surface area contributed by atoms with Gasteiger partial charge in [0.25, 0.3) is 0 Å². The molecule has 1 saturated heterocycles. The minimum atomic E-state index is -0.273. The number of methoxy groups -OCH3 is 1. The van der Waals surface area contributed by atoms with Crippen LogP contribution in [0.2, 0.25) is 0 Å². The van der Waals surface area contributed by atoms with Crippen LogP contribution in [0, 0.1) is 5.82 Å². The summed E-state index contributed by atoms with van der Waals surface area (Å²) in [4.78, 5) is 4.61. The molecule has 0 saturated carbocycles. The van der Waals surface area contributed by atoms with Gasteiger partial charge in [-0.25, -0.2) is 4.39 Å². The van der Waals surface area contributed by atoms with Crippen molar-refractivity contribution in [2.45, 2.75) is 6.04 Å². The first-order chi connectivity index (χ1) is 9.10. The maximum atomic E-state index is 13.3. The number of likely N-dealkylation sites (N-methyl/N-ethyl adjacent to an activating group) is 1. The summed E-state index contributed by atoms with van der Waals surface area (Å²) in [6.07, 6.45) is 0. The zero-order valence-electron chi connectivity index (χ0n) is 11.6. The van der Waals surface area contributed by atoms with Crippen LogP contribution < -0.4 is 10.5 Å². The molecule has 0 aliphatic carbocycles. The molecule has 2 rings (SSSR count). The van der Waals surface area contributed by atoms with Crippen LogP contribution in [0.1, 0.15) is 11.6 Å². The van der Waals surface area contributed by atoms with Crippen LogP contribution in [0.25, 0.3) is 0 Å². The van der Waals surface area contributed by atoms with Crippen molar-refractivity contribution < 1.29 is 9.13 Å². The molecule has 0 spiro atoms. The van der Waals surface area contributed by atoms with Crippen LogP contribution in [-0.2, 0) is 0 Å². The van der Waals surface area contributed by atoms with Crippen molar-refractivity contribution in [2.24, 2.45) is 5.73 Å². The molecule has 106 valence electrons. The maximum Gasteiger partial charge on any atom is 0.123 e. The normalized spacial score (nSPS) is 19.4. The SMILES string of the molecule is COc1ccc(F)cc1C(N)CN1CCN(C)CC1. The van der Waals surface area contributed by atoms with Gasteiger partial charge in [0.15, 0.2) is 0 Å². The van der Waals surface area contributed by atoms with Gasteiger partial charge in [0.05, 0.1) is 7.11 Å². The number of halogens is 1. The van der Waals surface area contributed by atoms with Crippen molar-refractivity contribution in [1.82, 2.24) is 9.80 Å². The standard InChI is InChI=1S/C14H22FN3O/c1-17-5-7-18(8-6-17)10-13(16)12-9-11(15)3-4-14(12)19-2/h3-4,9,13H,5-8,10,16H2,1-2H3. The Labute approximate surface area is 113 Å². The molecule has 0 amide bonds. The Morgan fingerprint density at radius 3 is 2.63 bits per heavy atom. The first-order valence-corrected chi connectivity index (χ1v) is 6.60. The van der Waals surface area contributed by atoms with Crippen molar-refractivity contribution in [3.05, 3.63) is 29.6 Å². The number of nitrogens with zero attached hydrogens (tertiary/aromatic N) is 2. The second kappa shape index (κ2) is 6.32. The molecule has 1 aliphatic rings. The van der Waals surface area contributed by atoms with Crippen molar-refractivity contribution in [1.29, 1.82) is 0 Å². The number of hydrogen-bond acceptors (Lipinski definition) is 4. The quantitative estimate of drug-likeness (QED) is 0.886. The minimum Gasteiger partial charge on any atom is -0.496 e. The topological polar surface area (TPSA) is 41.7 Å². The van der Waals surface area contributed by atoms with Gasteiger partial charge in [-0.2, -0.15) is 0 Å². The Bertz CT molecular complexity index is 419. The average molecular weight is 267 g/mol. The lowest BCUT2D eigenvalue weighted by Gasteiger charge is -2.34. The first kappa shape index (κ1) is 14.2. The van der Waals surface area contributed by atoms with Crippen molar-refractivity contribution >= 4 is 0 Å². The summed E-state index contributed by atoms with van der Waals surface area (Å²) < 4.78 is 18.6. The molecular weight excluding hydrogens is 245 g/mol. The number of ether oxygens (including phenoxy) is 1. The fraction of sp³-hybridized carbons (Fsp3) is 0.571. The Balaban J connectivity index is 2.03. The molecule has 1 fully saturated rings. The van der Waals surface area contributed by atoms with Crippen LogP contribution in [-0.4, -0.2) is 56.7 Å².